The van der Waals surface area contributed by atoms with Gasteiger partial charge in [-0.15, -0.1) is 36.2 Å². The summed E-state index contributed by atoms with van der Waals surface area (Å²) in [5, 5.41) is 8.27. The molecule has 4 N–H and O–H groups in total. The van der Waals surface area contributed by atoms with Crippen LogP contribution in [-0.4, -0.2) is 29.4 Å². The molecule has 0 aliphatic heterocycles. The van der Waals surface area contributed by atoms with Crippen LogP contribution in [0.5, 0.6) is 0 Å². The van der Waals surface area contributed by atoms with Crippen LogP contribution in [0.25, 0.3) is 0 Å². The van der Waals surface area contributed by atoms with E-state index in [-0.39, 0.29) is 60.5 Å². The lowest BCUT2D eigenvalue weighted by Crippen LogP contribution is -2.47. The zero-order chi connectivity index (χ0) is 17.8. The normalized spacial score (nSPS) is 13.3. The van der Waals surface area contributed by atoms with Crippen LogP contribution in [0.15, 0.2) is 5.38 Å². The SMILES string of the molecule is CC(NC(=O)CNC(=O)[C@@H](N)C(C)C)c1nc(C(C)(C)C)cs1.Cl.Cl. The number of hydrogen-bond acceptors (Lipinski definition) is 5. The van der Waals surface area contributed by atoms with Gasteiger partial charge in [-0.1, -0.05) is 34.6 Å². The Morgan fingerprint density at radius 2 is 1.80 bits per heavy atom. The third-order valence-corrected chi connectivity index (χ3v) is 4.51. The molecule has 1 unspecified atom stereocenters. The Labute approximate surface area is 166 Å². The lowest BCUT2D eigenvalue weighted by Gasteiger charge is -2.17. The smallest absolute Gasteiger partial charge is 0.239 e. The van der Waals surface area contributed by atoms with E-state index in [1.165, 1.54) is 11.3 Å². The molecule has 0 saturated heterocycles. The second-order valence-electron chi connectivity index (χ2n) is 7.10. The molecule has 6 nitrogen and oxygen atoms in total. The molecule has 9 heteroatoms. The molecule has 2 amide bonds. The third kappa shape index (κ3) is 8.35. The van der Waals surface area contributed by atoms with Crippen LogP contribution in [0.4, 0.5) is 0 Å². The van der Waals surface area contributed by atoms with Gasteiger partial charge in [-0.2, -0.15) is 0 Å². The highest BCUT2D eigenvalue weighted by atomic mass is 35.5. The van der Waals surface area contributed by atoms with Crippen LogP contribution >= 0.6 is 36.2 Å². The maximum atomic E-state index is 11.9. The topological polar surface area (TPSA) is 97.1 Å². The van der Waals surface area contributed by atoms with Gasteiger partial charge in [0.2, 0.25) is 11.8 Å². The number of aromatic nitrogens is 1. The number of rotatable bonds is 6. The van der Waals surface area contributed by atoms with Gasteiger partial charge in [0.25, 0.3) is 0 Å². The molecule has 0 fully saturated rings. The zero-order valence-electron chi connectivity index (χ0n) is 15.6. The van der Waals surface area contributed by atoms with Crippen molar-refractivity contribution in [3.05, 3.63) is 16.1 Å². The van der Waals surface area contributed by atoms with Crippen molar-refractivity contribution in [2.45, 2.75) is 59.0 Å². The predicted molar refractivity (Wildman–Crippen MR) is 108 cm³/mol. The number of thiazole rings is 1. The van der Waals surface area contributed by atoms with E-state index in [1.807, 2.05) is 26.2 Å². The van der Waals surface area contributed by atoms with Crippen molar-refractivity contribution in [3.63, 3.8) is 0 Å². The third-order valence-electron chi connectivity index (χ3n) is 3.48. The van der Waals surface area contributed by atoms with Crippen molar-refractivity contribution in [2.24, 2.45) is 11.7 Å². The highest BCUT2D eigenvalue weighted by Crippen LogP contribution is 2.26. The molecular formula is C16H30Cl2N4O2S. The van der Waals surface area contributed by atoms with Crippen LogP contribution < -0.4 is 16.4 Å². The molecule has 0 aliphatic rings. The highest BCUT2D eigenvalue weighted by molar-refractivity contribution is 7.09. The van der Waals surface area contributed by atoms with E-state index in [9.17, 15) is 9.59 Å². The number of halogens is 2. The summed E-state index contributed by atoms with van der Waals surface area (Å²) in [4.78, 5) is 28.2. The van der Waals surface area contributed by atoms with E-state index in [4.69, 9.17) is 5.73 Å². The lowest BCUT2D eigenvalue weighted by atomic mass is 9.93. The standard InChI is InChI=1S/C16H28N4O2S.2ClH/c1-9(2)13(17)14(22)18-7-12(21)19-10(3)15-20-11(8-23-15)16(4,5)6;;/h8-10,13H,7,17H2,1-6H3,(H,18,22)(H,19,21);2*1H/t10?,13-;;/m0../s1. The van der Waals surface area contributed by atoms with Crippen LogP contribution in [0, 0.1) is 5.92 Å². The Morgan fingerprint density at radius 3 is 2.24 bits per heavy atom. The molecule has 1 rings (SSSR count). The molecule has 1 aromatic heterocycles. The number of nitrogens with one attached hydrogen (secondary N) is 2. The average molecular weight is 413 g/mol. The Bertz CT molecular complexity index is 559. The van der Waals surface area contributed by atoms with Crippen LogP contribution in [-0.2, 0) is 15.0 Å². The maximum absolute atomic E-state index is 11.9. The number of hydrogen-bond donors (Lipinski definition) is 3. The fourth-order valence-corrected chi connectivity index (χ4v) is 2.83. The Morgan fingerprint density at radius 1 is 1.24 bits per heavy atom. The van der Waals surface area contributed by atoms with Crippen LogP contribution in [0.2, 0.25) is 0 Å². The fraction of sp³-hybridized carbons (Fsp3) is 0.688. The number of carbonyl (C=O) groups excluding carboxylic acids is 2. The minimum atomic E-state index is -0.603. The van der Waals surface area contributed by atoms with E-state index in [2.05, 4.69) is 36.4 Å². The fourth-order valence-electron chi connectivity index (χ4n) is 1.77. The minimum Gasteiger partial charge on any atom is -0.346 e. The first-order valence-corrected chi connectivity index (χ1v) is 8.69. The van der Waals surface area contributed by atoms with E-state index in [1.54, 1.807) is 0 Å². The summed E-state index contributed by atoms with van der Waals surface area (Å²) in [5.74, 6) is -0.537. The largest absolute Gasteiger partial charge is 0.346 e. The summed E-state index contributed by atoms with van der Waals surface area (Å²) in [7, 11) is 0. The van der Waals surface area contributed by atoms with Crippen LogP contribution in [0.1, 0.15) is 58.3 Å². The zero-order valence-corrected chi connectivity index (χ0v) is 18.0. The van der Waals surface area contributed by atoms with Gasteiger partial charge < -0.3 is 16.4 Å². The maximum Gasteiger partial charge on any atom is 0.239 e. The number of nitrogens with two attached hydrogens (primary N) is 1. The van der Waals surface area contributed by atoms with Crippen molar-refractivity contribution < 1.29 is 9.59 Å². The first-order valence-electron chi connectivity index (χ1n) is 7.81. The van der Waals surface area contributed by atoms with E-state index in [0.717, 1.165) is 10.7 Å². The van der Waals surface area contributed by atoms with E-state index < -0.39 is 6.04 Å². The predicted octanol–water partition coefficient (Wildman–Crippen LogP) is 2.56. The van der Waals surface area contributed by atoms with E-state index in [0.29, 0.717) is 0 Å². The second kappa shape index (κ2) is 11.0. The quantitative estimate of drug-likeness (QED) is 0.668. The van der Waals surface area contributed by atoms with Crippen molar-refractivity contribution in [3.8, 4) is 0 Å². The molecule has 0 saturated carbocycles. The van der Waals surface area contributed by atoms with Crippen molar-refractivity contribution in [1.29, 1.82) is 0 Å². The van der Waals surface area contributed by atoms with Gasteiger partial charge in [0, 0.05) is 10.8 Å². The molecule has 0 aromatic carbocycles. The number of carbonyl (C=O) groups is 2. The monoisotopic (exact) mass is 412 g/mol. The van der Waals surface area contributed by atoms with Crippen LogP contribution in [0.3, 0.4) is 0 Å². The summed E-state index contributed by atoms with van der Waals surface area (Å²) in [6, 6.07) is -0.798. The molecular weight excluding hydrogens is 383 g/mol. The summed E-state index contributed by atoms with van der Waals surface area (Å²) >= 11 is 1.53. The first kappa shape index (κ1) is 26.3. The summed E-state index contributed by atoms with van der Waals surface area (Å²) in [6.07, 6.45) is 0. The van der Waals surface area contributed by atoms with Gasteiger partial charge in [0.15, 0.2) is 0 Å². The number of amides is 2. The molecule has 0 bridgehead atoms. The van der Waals surface area contributed by atoms with Crippen molar-refractivity contribution in [2.75, 3.05) is 6.54 Å². The average Bonchev–Trinajstić information content (AvgIpc) is 2.93. The van der Waals surface area contributed by atoms with Gasteiger partial charge in [-0.3, -0.25) is 9.59 Å². The molecule has 25 heavy (non-hydrogen) atoms. The molecule has 0 aliphatic carbocycles. The molecule has 1 heterocycles. The van der Waals surface area contributed by atoms with Gasteiger partial charge in [-0.05, 0) is 12.8 Å². The minimum absolute atomic E-state index is 0. The highest BCUT2D eigenvalue weighted by Gasteiger charge is 2.21. The summed E-state index contributed by atoms with van der Waals surface area (Å²) in [6.45, 7) is 11.8. The molecule has 1 aromatic rings. The molecule has 0 radical (unpaired) electrons. The summed E-state index contributed by atoms with van der Waals surface area (Å²) in [5.41, 5.74) is 6.72. The van der Waals surface area contributed by atoms with Gasteiger partial charge >= 0.3 is 0 Å². The molecule has 2 atom stereocenters. The first-order chi connectivity index (χ1) is 10.5. The second-order valence-corrected chi connectivity index (χ2v) is 7.99. The number of nitrogens with zero attached hydrogens (tertiary/aromatic N) is 1. The van der Waals surface area contributed by atoms with Gasteiger partial charge in [0.1, 0.15) is 5.01 Å². The van der Waals surface area contributed by atoms with Crippen molar-refractivity contribution >= 4 is 48.0 Å². The summed E-state index contributed by atoms with van der Waals surface area (Å²) < 4.78 is 0. The van der Waals surface area contributed by atoms with Gasteiger partial charge in [0.05, 0.1) is 24.3 Å². The Kier molecular flexibility index (Phi) is 11.5. The molecule has 146 valence electrons. The van der Waals surface area contributed by atoms with Gasteiger partial charge in [-0.25, -0.2) is 4.98 Å². The lowest BCUT2D eigenvalue weighted by molar-refractivity contribution is -0.127. The van der Waals surface area contributed by atoms with E-state index >= 15 is 0 Å². The Hall–Kier alpha value is -0.890. The van der Waals surface area contributed by atoms with Crippen molar-refractivity contribution in [1.82, 2.24) is 15.6 Å². The molecule has 0 spiro atoms. The Balaban J connectivity index is 0.